The summed E-state index contributed by atoms with van der Waals surface area (Å²) in [6.07, 6.45) is 8.05. The molecule has 1 unspecified atom stereocenters. The first-order valence-electron chi connectivity index (χ1n) is 9.78. The summed E-state index contributed by atoms with van der Waals surface area (Å²) >= 11 is 0. The van der Waals surface area contributed by atoms with Crippen LogP contribution in [0.15, 0.2) is 29.8 Å². The maximum Gasteiger partial charge on any atom is 0.137 e. The van der Waals surface area contributed by atoms with E-state index in [1.807, 2.05) is 0 Å². The number of carbonyl (C=O) groups excluding carboxylic acids is 1. The van der Waals surface area contributed by atoms with Crippen molar-refractivity contribution >= 4 is 11.4 Å². The van der Waals surface area contributed by atoms with Gasteiger partial charge in [-0.3, -0.25) is 4.79 Å². The molecule has 4 rings (SSSR count). The zero-order valence-electron chi connectivity index (χ0n) is 14.9. The summed E-state index contributed by atoms with van der Waals surface area (Å²) in [5.74, 6) is 1.47. The molecule has 0 amide bonds. The van der Waals surface area contributed by atoms with Crippen LogP contribution < -0.4 is 0 Å². The van der Waals surface area contributed by atoms with Gasteiger partial charge in [-0.25, -0.2) is 0 Å². The maximum absolute atomic E-state index is 12.5. The third kappa shape index (κ3) is 2.97. The SMILES string of the molecule is CC1=C2CCN(CCC(=O)C3CCCCC3)CC2c2ccccc21. The smallest absolute Gasteiger partial charge is 0.137 e. The van der Waals surface area contributed by atoms with E-state index in [1.165, 1.54) is 42.4 Å². The lowest BCUT2D eigenvalue weighted by Gasteiger charge is -2.33. The van der Waals surface area contributed by atoms with Gasteiger partial charge in [0.25, 0.3) is 0 Å². The molecule has 1 aromatic carbocycles. The monoisotopic (exact) mass is 323 g/mol. The van der Waals surface area contributed by atoms with Crippen LogP contribution in [0.1, 0.15) is 68.9 Å². The minimum Gasteiger partial charge on any atom is -0.302 e. The van der Waals surface area contributed by atoms with Crippen molar-refractivity contribution in [3.63, 3.8) is 0 Å². The van der Waals surface area contributed by atoms with Crippen molar-refractivity contribution in [1.82, 2.24) is 4.90 Å². The molecule has 0 spiro atoms. The third-order valence-corrected chi connectivity index (χ3v) is 6.52. The molecule has 3 aliphatic rings. The Labute approximate surface area is 145 Å². The van der Waals surface area contributed by atoms with Crippen LogP contribution in [0.4, 0.5) is 0 Å². The number of hydrogen-bond acceptors (Lipinski definition) is 2. The van der Waals surface area contributed by atoms with Crippen molar-refractivity contribution in [2.75, 3.05) is 19.6 Å². The number of likely N-dealkylation sites (tertiary alicyclic amines) is 1. The van der Waals surface area contributed by atoms with Crippen LogP contribution in [-0.4, -0.2) is 30.3 Å². The number of nitrogens with zero attached hydrogens (tertiary/aromatic N) is 1. The highest BCUT2D eigenvalue weighted by Gasteiger charge is 2.33. The molecule has 2 nitrogen and oxygen atoms in total. The van der Waals surface area contributed by atoms with E-state index in [0.717, 1.165) is 38.9 Å². The van der Waals surface area contributed by atoms with Gasteiger partial charge in [-0.2, -0.15) is 0 Å². The van der Waals surface area contributed by atoms with E-state index in [0.29, 0.717) is 17.6 Å². The average molecular weight is 323 g/mol. The first kappa shape index (κ1) is 16.1. The molecule has 2 fully saturated rings. The molecule has 1 heterocycles. The van der Waals surface area contributed by atoms with Gasteiger partial charge in [0.15, 0.2) is 0 Å². The molecule has 1 aromatic rings. The zero-order valence-corrected chi connectivity index (χ0v) is 14.9. The molecule has 128 valence electrons. The summed E-state index contributed by atoms with van der Waals surface area (Å²) < 4.78 is 0. The van der Waals surface area contributed by atoms with Gasteiger partial charge in [-0.05, 0) is 42.9 Å². The number of Topliss-reactive ketones (excluding diaryl/α,β-unsaturated/α-hetero) is 1. The molecule has 1 aliphatic heterocycles. The fraction of sp³-hybridized carbons (Fsp3) is 0.591. The van der Waals surface area contributed by atoms with Gasteiger partial charge >= 0.3 is 0 Å². The quantitative estimate of drug-likeness (QED) is 0.793. The fourth-order valence-electron chi connectivity index (χ4n) is 5.06. The second-order valence-corrected chi connectivity index (χ2v) is 7.89. The predicted molar refractivity (Wildman–Crippen MR) is 99.0 cm³/mol. The summed E-state index contributed by atoms with van der Waals surface area (Å²) in [5, 5.41) is 0. The van der Waals surface area contributed by atoms with Crippen LogP contribution >= 0.6 is 0 Å². The average Bonchev–Trinajstić information content (AvgIpc) is 2.93. The normalized spacial score (nSPS) is 24.8. The number of piperidine rings is 1. The van der Waals surface area contributed by atoms with E-state index in [4.69, 9.17) is 0 Å². The molecular weight excluding hydrogens is 294 g/mol. The van der Waals surface area contributed by atoms with E-state index < -0.39 is 0 Å². The van der Waals surface area contributed by atoms with Crippen molar-refractivity contribution in [3.05, 3.63) is 41.0 Å². The minimum absolute atomic E-state index is 0.369. The number of benzene rings is 1. The summed E-state index contributed by atoms with van der Waals surface area (Å²) in [5.41, 5.74) is 6.12. The molecule has 0 aromatic heterocycles. The lowest BCUT2D eigenvalue weighted by molar-refractivity contribution is -0.124. The largest absolute Gasteiger partial charge is 0.302 e. The molecule has 0 bridgehead atoms. The van der Waals surface area contributed by atoms with E-state index in [9.17, 15) is 4.79 Å². The number of allylic oxidation sites excluding steroid dienone is 1. The summed E-state index contributed by atoms with van der Waals surface area (Å²) in [4.78, 5) is 15.0. The number of carbonyl (C=O) groups is 1. The molecule has 1 atom stereocenters. The Balaban J connectivity index is 1.37. The molecule has 1 saturated carbocycles. The number of fused-ring (bicyclic) bond motifs is 3. The summed E-state index contributed by atoms with van der Waals surface area (Å²) in [7, 11) is 0. The maximum atomic E-state index is 12.5. The van der Waals surface area contributed by atoms with Crippen molar-refractivity contribution < 1.29 is 4.79 Å². The van der Waals surface area contributed by atoms with Gasteiger partial charge in [-0.1, -0.05) is 49.1 Å². The molecule has 0 radical (unpaired) electrons. The van der Waals surface area contributed by atoms with Crippen molar-refractivity contribution in [2.24, 2.45) is 5.92 Å². The van der Waals surface area contributed by atoms with Gasteiger partial charge in [0.05, 0.1) is 0 Å². The Morgan fingerprint density at radius 2 is 1.96 bits per heavy atom. The number of hydrogen-bond donors (Lipinski definition) is 0. The first-order chi connectivity index (χ1) is 11.7. The van der Waals surface area contributed by atoms with Gasteiger partial charge < -0.3 is 4.90 Å². The molecule has 1 saturated heterocycles. The lowest BCUT2D eigenvalue weighted by Crippen LogP contribution is -2.37. The van der Waals surface area contributed by atoms with Crippen LogP contribution in [0, 0.1) is 5.92 Å². The minimum atomic E-state index is 0.369. The van der Waals surface area contributed by atoms with Crippen molar-refractivity contribution in [1.29, 1.82) is 0 Å². The first-order valence-corrected chi connectivity index (χ1v) is 9.78. The van der Waals surface area contributed by atoms with Crippen molar-refractivity contribution in [2.45, 2.75) is 57.8 Å². The van der Waals surface area contributed by atoms with Crippen molar-refractivity contribution in [3.8, 4) is 0 Å². The third-order valence-electron chi connectivity index (χ3n) is 6.52. The number of rotatable bonds is 4. The Morgan fingerprint density at radius 3 is 2.79 bits per heavy atom. The molecule has 0 N–H and O–H groups in total. The van der Waals surface area contributed by atoms with Crippen LogP contribution in [-0.2, 0) is 4.79 Å². The highest BCUT2D eigenvalue weighted by Crippen LogP contribution is 2.45. The van der Waals surface area contributed by atoms with E-state index in [-0.39, 0.29) is 0 Å². The Kier molecular flexibility index (Phi) is 4.58. The van der Waals surface area contributed by atoms with Gasteiger partial charge in [0.2, 0.25) is 0 Å². The van der Waals surface area contributed by atoms with E-state index in [1.54, 1.807) is 5.57 Å². The topological polar surface area (TPSA) is 20.3 Å². The summed E-state index contributed by atoms with van der Waals surface area (Å²) in [6, 6.07) is 8.89. The van der Waals surface area contributed by atoms with Crippen LogP contribution in [0.25, 0.3) is 5.57 Å². The molecule has 2 heteroatoms. The van der Waals surface area contributed by atoms with E-state index >= 15 is 0 Å². The second kappa shape index (κ2) is 6.84. The Hall–Kier alpha value is -1.41. The predicted octanol–water partition coefficient (Wildman–Crippen LogP) is 4.80. The molecule has 2 aliphatic carbocycles. The van der Waals surface area contributed by atoms with Gasteiger partial charge in [0, 0.05) is 37.9 Å². The second-order valence-electron chi connectivity index (χ2n) is 7.89. The molecule has 24 heavy (non-hydrogen) atoms. The van der Waals surface area contributed by atoms with E-state index in [2.05, 4.69) is 36.1 Å². The Bertz CT molecular complexity index is 654. The lowest BCUT2D eigenvalue weighted by atomic mass is 9.85. The Morgan fingerprint density at radius 1 is 1.17 bits per heavy atom. The van der Waals surface area contributed by atoms with Crippen LogP contribution in [0.3, 0.4) is 0 Å². The summed E-state index contributed by atoms with van der Waals surface area (Å²) in [6.45, 7) is 5.47. The van der Waals surface area contributed by atoms with Crippen LogP contribution in [0.5, 0.6) is 0 Å². The zero-order chi connectivity index (χ0) is 16.5. The molecular formula is C22H29NO. The van der Waals surface area contributed by atoms with Crippen LogP contribution in [0.2, 0.25) is 0 Å². The van der Waals surface area contributed by atoms with Gasteiger partial charge in [0.1, 0.15) is 5.78 Å². The highest BCUT2D eigenvalue weighted by atomic mass is 16.1. The standard InChI is InChI=1S/C22H29NO/c1-16-18-9-5-6-10-20(18)21-15-23(13-11-19(16)21)14-12-22(24)17-7-3-2-4-8-17/h5-6,9-10,17,21H,2-4,7-8,11-15H2,1H3. The highest BCUT2D eigenvalue weighted by molar-refractivity contribution is 5.81. The fourth-order valence-corrected chi connectivity index (χ4v) is 5.06. The van der Waals surface area contributed by atoms with Gasteiger partial charge in [-0.15, -0.1) is 0 Å². The number of ketones is 1.